The Morgan fingerprint density at radius 2 is 1.58 bits per heavy atom. The van der Waals surface area contributed by atoms with Crippen molar-refractivity contribution < 1.29 is 18.0 Å². The number of aryl methyl sites for hydroxylation is 1. The van der Waals surface area contributed by atoms with Crippen molar-refractivity contribution in [3.63, 3.8) is 0 Å². The summed E-state index contributed by atoms with van der Waals surface area (Å²) in [6.07, 6.45) is 1.00. The molecule has 1 N–H and O–H groups in total. The number of nitrogens with zero attached hydrogens (tertiary/aromatic N) is 2. The molecule has 0 saturated carbocycles. The molecule has 0 radical (unpaired) electrons. The van der Waals surface area contributed by atoms with Gasteiger partial charge < -0.3 is 10.2 Å². The number of hydrogen-bond acceptors (Lipinski definition) is 4. The molecule has 9 heteroatoms. The molecular formula is C29H34ClN3O4S. The summed E-state index contributed by atoms with van der Waals surface area (Å²) in [6, 6.07) is 22.1. The van der Waals surface area contributed by atoms with Gasteiger partial charge in [-0.3, -0.25) is 9.59 Å². The van der Waals surface area contributed by atoms with E-state index in [9.17, 15) is 18.0 Å². The highest BCUT2D eigenvalue weighted by molar-refractivity contribution is 7.89. The molecule has 0 aliphatic rings. The van der Waals surface area contributed by atoms with Crippen LogP contribution in [0.15, 0.2) is 83.8 Å². The van der Waals surface area contributed by atoms with E-state index in [-0.39, 0.29) is 23.8 Å². The average molecular weight is 556 g/mol. The molecule has 0 bridgehead atoms. The SMILES string of the molecule is CCCNC(=O)C(Cc1ccccc1)N(Cc1ccccc1Cl)C(=O)CN(C)S(=O)(=O)c1ccc(C)cc1. The topological polar surface area (TPSA) is 86.8 Å². The monoisotopic (exact) mass is 555 g/mol. The zero-order valence-corrected chi connectivity index (χ0v) is 23.5. The minimum Gasteiger partial charge on any atom is -0.354 e. The number of nitrogens with one attached hydrogen (secondary N) is 1. The van der Waals surface area contributed by atoms with Crippen LogP contribution in [0.2, 0.25) is 5.02 Å². The number of sulfonamides is 1. The van der Waals surface area contributed by atoms with E-state index in [1.165, 1.54) is 24.1 Å². The molecule has 1 unspecified atom stereocenters. The van der Waals surface area contributed by atoms with Gasteiger partial charge in [0.15, 0.2) is 0 Å². The van der Waals surface area contributed by atoms with E-state index >= 15 is 0 Å². The number of carbonyl (C=O) groups excluding carboxylic acids is 2. The van der Waals surface area contributed by atoms with E-state index in [1.54, 1.807) is 36.4 Å². The van der Waals surface area contributed by atoms with E-state index in [2.05, 4.69) is 5.32 Å². The first-order valence-electron chi connectivity index (χ1n) is 12.5. The van der Waals surface area contributed by atoms with Crippen molar-refractivity contribution in [3.05, 3.63) is 101 Å². The van der Waals surface area contributed by atoms with Crippen molar-refractivity contribution >= 4 is 33.4 Å². The summed E-state index contributed by atoms with van der Waals surface area (Å²) in [7, 11) is -2.56. The molecule has 202 valence electrons. The van der Waals surface area contributed by atoms with E-state index in [0.717, 1.165) is 21.9 Å². The van der Waals surface area contributed by atoms with Crippen LogP contribution >= 0.6 is 11.6 Å². The van der Waals surface area contributed by atoms with Crippen LogP contribution in [0.3, 0.4) is 0 Å². The van der Waals surface area contributed by atoms with Crippen molar-refractivity contribution in [1.82, 2.24) is 14.5 Å². The maximum absolute atomic E-state index is 13.8. The lowest BCUT2D eigenvalue weighted by Gasteiger charge is -2.33. The highest BCUT2D eigenvalue weighted by atomic mass is 35.5. The third kappa shape index (κ3) is 7.66. The summed E-state index contributed by atoms with van der Waals surface area (Å²) in [4.78, 5) is 28.7. The van der Waals surface area contributed by atoms with Gasteiger partial charge in [-0.25, -0.2) is 8.42 Å². The molecule has 1 atom stereocenters. The normalized spacial score (nSPS) is 12.2. The molecular weight excluding hydrogens is 522 g/mol. The van der Waals surface area contributed by atoms with Crippen molar-refractivity contribution in [2.45, 2.75) is 44.2 Å². The van der Waals surface area contributed by atoms with Crippen molar-refractivity contribution in [2.24, 2.45) is 0 Å². The molecule has 0 fully saturated rings. The van der Waals surface area contributed by atoms with Gasteiger partial charge in [-0.1, -0.05) is 84.8 Å². The lowest BCUT2D eigenvalue weighted by molar-refractivity contribution is -0.141. The van der Waals surface area contributed by atoms with E-state index in [4.69, 9.17) is 11.6 Å². The first kappa shape index (κ1) is 29.4. The van der Waals surface area contributed by atoms with Crippen LogP contribution in [0.5, 0.6) is 0 Å². The summed E-state index contributed by atoms with van der Waals surface area (Å²) in [5, 5.41) is 3.36. The molecule has 0 aromatic heterocycles. The van der Waals surface area contributed by atoms with Gasteiger partial charge in [-0.2, -0.15) is 4.31 Å². The maximum Gasteiger partial charge on any atom is 0.243 e. The van der Waals surface area contributed by atoms with Crippen LogP contribution in [0.1, 0.15) is 30.0 Å². The van der Waals surface area contributed by atoms with Gasteiger partial charge in [0.05, 0.1) is 11.4 Å². The van der Waals surface area contributed by atoms with Crippen molar-refractivity contribution in [3.8, 4) is 0 Å². The average Bonchev–Trinajstić information content (AvgIpc) is 2.91. The molecule has 7 nitrogen and oxygen atoms in total. The Labute approximate surface area is 230 Å². The van der Waals surface area contributed by atoms with Crippen LogP contribution in [0, 0.1) is 6.92 Å². The molecule has 0 saturated heterocycles. The Morgan fingerprint density at radius 1 is 0.947 bits per heavy atom. The van der Waals surface area contributed by atoms with E-state index in [1.807, 2.05) is 44.2 Å². The van der Waals surface area contributed by atoms with Gasteiger partial charge in [-0.15, -0.1) is 0 Å². The predicted molar refractivity (Wildman–Crippen MR) is 150 cm³/mol. The van der Waals surface area contributed by atoms with Gasteiger partial charge in [-0.05, 0) is 42.7 Å². The fourth-order valence-electron chi connectivity index (χ4n) is 3.99. The number of halogens is 1. The van der Waals surface area contributed by atoms with Crippen LogP contribution in [0.25, 0.3) is 0 Å². The molecule has 38 heavy (non-hydrogen) atoms. The summed E-state index contributed by atoms with van der Waals surface area (Å²) in [5.74, 6) is -0.809. The zero-order chi connectivity index (χ0) is 27.7. The zero-order valence-electron chi connectivity index (χ0n) is 21.9. The third-order valence-electron chi connectivity index (χ3n) is 6.21. The number of amides is 2. The fraction of sp³-hybridized carbons (Fsp3) is 0.310. The molecule has 0 aliphatic heterocycles. The summed E-state index contributed by atoms with van der Waals surface area (Å²) in [5.41, 5.74) is 2.46. The first-order chi connectivity index (χ1) is 18.1. The number of hydrogen-bond donors (Lipinski definition) is 1. The number of carbonyl (C=O) groups is 2. The second kappa shape index (κ2) is 13.6. The summed E-state index contributed by atoms with van der Waals surface area (Å²) in [6.45, 7) is 3.89. The van der Waals surface area contributed by atoms with Gasteiger partial charge in [0, 0.05) is 31.6 Å². The second-order valence-corrected chi connectivity index (χ2v) is 11.6. The first-order valence-corrected chi connectivity index (χ1v) is 14.3. The van der Waals surface area contributed by atoms with E-state index < -0.39 is 28.5 Å². The van der Waals surface area contributed by atoms with Gasteiger partial charge in [0.1, 0.15) is 6.04 Å². The second-order valence-electron chi connectivity index (χ2n) is 9.18. The smallest absolute Gasteiger partial charge is 0.243 e. The number of benzene rings is 3. The molecule has 3 rings (SSSR count). The quantitative estimate of drug-likeness (QED) is 0.358. The highest BCUT2D eigenvalue weighted by Crippen LogP contribution is 2.22. The third-order valence-corrected chi connectivity index (χ3v) is 8.39. The predicted octanol–water partition coefficient (Wildman–Crippen LogP) is 4.44. The Kier molecular flexibility index (Phi) is 10.5. The Balaban J connectivity index is 1.97. The number of likely N-dealkylation sites (N-methyl/N-ethyl adjacent to an activating group) is 1. The fourth-order valence-corrected chi connectivity index (χ4v) is 5.30. The largest absolute Gasteiger partial charge is 0.354 e. The van der Waals surface area contributed by atoms with Gasteiger partial charge in [0.25, 0.3) is 0 Å². The van der Waals surface area contributed by atoms with Crippen LogP contribution in [-0.2, 0) is 32.6 Å². The Bertz CT molecular complexity index is 1330. The van der Waals surface area contributed by atoms with Gasteiger partial charge >= 0.3 is 0 Å². The molecule has 0 spiro atoms. The molecule has 3 aromatic rings. The molecule has 0 aliphatic carbocycles. The Hall–Kier alpha value is -3.20. The number of rotatable bonds is 12. The minimum atomic E-state index is -3.93. The van der Waals surface area contributed by atoms with Crippen molar-refractivity contribution in [1.29, 1.82) is 0 Å². The summed E-state index contributed by atoms with van der Waals surface area (Å²) >= 11 is 6.43. The van der Waals surface area contributed by atoms with E-state index in [0.29, 0.717) is 17.1 Å². The highest BCUT2D eigenvalue weighted by Gasteiger charge is 2.33. The van der Waals surface area contributed by atoms with Crippen LogP contribution in [0.4, 0.5) is 0 Å². The molecule has 0 heterocycles. The van der Waals surface area contributed by atoms with Crippen LogP contribution < -0.4 is 5.32 Å². The lowest BCUT2D eigenvalue weighted by Crippen LogP contribution is -2.53. The minimum absolute atomic E-state index is 0.0496. The molecule has 3 aromatic carbocycles. The van der Waals surface area contributed by atoms with Crippen LogP contribution in [-0.4, -0.2) is 55.6 Å². The summed E-state index contributed by atoms with van der Waals surface area (Å²) < 4.78 is 27.4. The standard InChI is InChI=1S/C29H34ClN3O4S/c1-4-18-31-29(35)27(19-23-10-6-5-7-11-23)33(20-24-12-8-9-13-26(24)30)28(34)21-32(3)38(36,37)25-16-14-22(2)15-17-25/h5-17,27H,4,18-21H2,1-3H3,(H,31,35). The maximum atomic E-state index is 13.8. The molecule has 2 amide bonds. The lowest BCUT2D eigenvalue weighted by atomic mass is 10.0. The van der Waals surface area contributed by atoms with Crippen molar-refractivity contribution in [2.75, 3.05) is 20.1 Å². The Morgan fingerprint density at radius 3 is 2.21 bits per heavy atom. The van der Waals surface area contributed by atoms with Gasteiger partial charge in [0.2, 0.25) is 21.8 Å².